The van der Waals surface area contributed by atoms with Crippen LogP contribution in [-0.2, 0) is 16.1 Å². The molecule has 198 valence electrons. The number of carbonyl (C=O) groups is 1. The molecule has 1 N–H and O–H groups in total. The highest BCUT2D eigenvalue weighted by atomic mass is 16.5. The van der Waals surface area contributed by atoms with Crippen LogP contribution in [0.25, 0.3) is 0 Å². The van der Waals surface area contributed by atoms with E-state index >= 15 is 0 Å². The number of β-amino-alcohol motifs (C(OH)–C–C–N with tert-alkyl or cyclic N) is 1. The van der Waals surface area contributed by atoms with Crippen molar-refractivity contribution >= 4 is 5.91 Å². The average Bonchev–Trinajstić information content (AvgIpc) is 2.99. The molecule has 0 aromatic heterocycles. The zero-order chi connectivity index (χ0) is 26.1. The molecule has 1 amide bonds. The van der Waals surface area contributed by atoms with Gasteiger partial charge in [0.05, 0.1) is 6.54 Å². The Morgan fingerprint density at radius 3 is 2.53 bits per heavy atom. The maximum absolute atomic E-state index is 12.7. The highest BCUT2D eigenvalue weighted by Gasteiger charge is 2.37. The number of methoxy groups -OCH3 is 1. The van der Waals surface area contributed by atoms with Crippen molar-refractivity contribution in [2.45, 2.75) is 26.0 Å². The zero-order valence-electron chi connectivity index (χ0n) is 22.3. The van der Waals surface area contributed by atoms with E-state index in [4.69, 9.17) is 14.2 Å². The Morgan fingerprint density at radius 2 is 1.81 bits per heavy atom. The molecule has 1 saturated heterocycles. The standard InChI is InChI=1S/C28H41N3O5/c1-22-9-10-26(15-23(22)2)36-21-28(33)19-30(11-12-31(20-28)27(32)18-34-5)17-24-7-6-8-25(16-24)35-14-13-29(3)4/h6-10,15-16,33H,11-14,17-21H2,1-5H3/t28-/m0/s1. The van der Waals surface area contributed by atoms with Crippen LogP contribution in [0.5, 0.6) is 11.5 Å². The number of aliphatic hydroxyl groups is 1. The molecule has 2 aromatic carbocycles. The third-order valence-corrected chi connectivity index (χ3v) is 6.41. The lowest BCUT2D eigenvalue weighted by atomic mass is 10.0. The summed E-state index contributed by atoms with van der Waals surface area (Å²) in [5, 5.41) is 11.7. The van der Waals surface area contributed by atoms with Gasteiger partial charge in [0.2, 0.25) is 5.91 Å². The molecule has 0 radical (unpaired) electrons. The van der Waals surface area contributed by atoms with Crippen molar-refractivity contribution < 1.29 is 24.1 Å². The van der Waals surface area contributed by atoms with Crippen LogP contribution in [0.1, 0.15) is 16.7 Å². The Balaban J connectivity index is 1.72. The van der Waals surface area contributed by atoms with E-state index in [1.54, 1.807) is 4.90 Å². The number of hydrogen-bond acceptors (Lipinski definition) is 7. The molecule has 3 rings (SSSR count). The number of likely N-dealkylation sites (N-methyl/N-ethyl adjacent to an activating group) is 1. The van der Waals surface area contributed by atoms with Gasteiger partial charge in [-0.15, -0.1) is 0 Å². The van der Waals surface area contributed by atoms with Crippen molar-refractivity contribution in [3.63, 3.8) is 0 Å². The zero-order valence-corrected chi connectivity index (χ0v) is 22.3. The molecule has 1 fully saturated rings. The molecule has 36 heavy (non-hydrogen) atoms. The number of ether oxygens (including phenoxy) is 3. The average molecular weight is 500 g/mol. The predicted octanol–water partition coefficient (Wildman–Crippen LogP) is 2.34. The summed E-state index contributed by atoms with van der Waals surface area (Å²) in [5.41, 5.74) is 2.17. The molecule has 1 heterocycles. The van der Waals surface area contributed by atoms with Gasteiger partial charge in [0.25, 0.3) is 0 Å². The summed E-state index contributed by atoms with van der Waals surface area (Å²) in [6.07, 6.45) is 0. The van der Waals surface area contributed by atoms with E-state index in [1.165, 1.54) is 12.7 Å². The van der Waals surface area contributed by atoms with Gasteiger partial charge in [0.15, 0.2) is 0 Å². The fraction of sp³-hybridized carbons (Fsp3) is 0.536. The fourth-order valence-electron chi connectivity index (χ4n) is 4.25. The number of rotatable bonds is 11. The van der Waals surface area contributed by atoms with Crippen LogP contribution in [0.2, 0.25) is 0 Å². The minimum absolute atomic E-state index is 0.0135. The SMILES string of the molecule is COCC(=O)N1CCN(Cc2cccc(OCCN(C)C)c2)C[C@@](O)(COc2ccc(C)c(C)c2)C1. The van der Waals surface area contributed by atoms with Crippen molar-refractivity contribution in [3.05, 3.63) is 59.2 Å². The van der Waals surface area contributed by atoms with Crippen LogP contribution in [0.15, 0.2) is 42.5 Å². The first-order valence-corrected chi connectivity index (χ1v) is 12.5. The minimum atomic E-state index is -1.24. The van der Waals surface area contributed by atoms with E-state index in [-0.39, 0.29) is 25.7 Å². The number of nitrogens with zero attached hydrogens (tertiary/aromatic N) is 3. The molecule has 0 bridgehead atoms. The molecule has 0 aliphatic carbocycles. The maximum atomic E-state index is 12.7. The van der Waals surface area contributed by atoms with Gasteiger partial charge >= 0.3 is 0 Å². The summed E-state index contributed by atoms with van der Waals surface area (Å²) in [7, 11) is 5.54. The highest BCUT2D eigenvalue weighted by Crippen LogP contribution is 2.22. The smallest absolute Gasteiger partial charge is 0.248 e. The van der Waals surface area contributed by atoms with Crippen molar-refractivity contribution in [3.8, 4) is 11.5 Å². The molecule has 1 aliphatic rings. The highest BCUT2D eigenvalue weighted by molar-refractivity contribution is 5.77. The summed E-state index contributed by atoms with van der Waals surface area (Å²) in [5.74, 6) is 1.40. The Labute approximate surface area is 215 Å². The Morgan fingerprint density at radius 1 is 1.03 bits per heavy atom. The van der Waals surface area contributed by atoms with Gasteiger partial charge in [-0.25, -0.2) is 0 Å². The normalized spacial score (nSPS) is 18.8. The van der Waals surface area contributed by atoms with E-state index in [0.717, 1.165) is 23.4 Å². The van der Waals surface area contributed by atoms with Gasteiger partial charge in [-0.2, -0.15) is 0 Å². The Bertz CT molecular complexity index is 999. The Hall–Kier alpha value is -2.65. The number of benzene rings is 2. The molecule has 8 heteroatoms. The van der Waals surface area contributed by atoms with E-state index in [0.29, 0.717) is 38.5 Å². The molecule has 0 spiro atoms. The summed E-state index contributed by atoms with van der Waals surface area (Å²) >= 11 is 0. The minimum Gasteiger partial charge on any atom is -0.492 e. The van der Waals surface area contributed by atoms with Crippen LogP contribution in [0, 0.1) is 13.8 Å². The van der Waals surface area contributed by atoms with Gasteiger partial charge in [0.1, 0.15) is 36.9 Å². The predicted molar refractivity (Wildman–Crippen MR) is 141 cm³/mol. The second-order valence-electron chi connectivity index (χ2n) is 10.0. The van der Waals surface area contributed by atoms with E-state index in [2.05, 4.69) is 22.8 Å². The first-order chi connectivity index (χ1) is 17.2. The van der Waals surface area contributed by atoms with Gasteiger partial charge in [-0.1, -0.05) is 18.2 Å². The van der Waals surface area contributed by atoms with Crippen LogP contribution in [0.4, 0.5) is 0 Å². The van der Waals surface area contributed by atoms with Crippen LogP contribution in [0.3, 0.4) is 0 Å². The third-order valence-electron chi connectivity index (χ3n) is 6.41. The largest absolute Gasteiger partial charge is 0.492 e. The summed E-state index contributed by atoms with van der Waals surface area (Å²) in [4.78, 5) is 18.6. The molecular formula is C28H41N3O5. The molecule has 0 saturated carbocycles. The molecule has 1 atom stereocenters. The first kappa shape index (κ1) is 27.9. The summed E-state index contributed by atoms with van der Waals surface area (Å²) in [6.45, 7) is 7.94. The second-order valence-corrected chi connectivity index (χ2v) is 10.0. The van der Waals surface area contributed by atoms with E-state index < -0.39 is 5.60 Å². The summed E-state index contributed by atoms with van der Waals surface area (Å²) < 4.78 is 17.0. The lowest BCUT2D eigenvalue weighted by Gasteiger charge is -2.33. The van der Waals surface area contributed by atoms with Crippen molar-refractivity contribution in [1.82, 2.24) is 14.7 Å². The van der Waals surface area contributed by atoms with Crippen LogP contribution in [-0.4, -0.2) is 105 Å². The summed E-state index contributed by atoms with van der Waals surface area (Å²) in [6, 6.07) is 13.9. The van der Waals surface area contributed by atoms with Crippen molar-refractivity contribution in [2.24, 2.45) is 0 Å². The monoisotopic (exact) mass is 499 g/mol. The molecular weight excluding hydrogens is 458 g/mol. The maximum Gasteiger partial charge on any atom is 0.248 e. The van der Waals surface area contributed by atoms with Crippen molar-refractivity contribution in [2.75, 3.05) is 73.7 Å². The van der Waals surface area contributed by atoms with Crippen molar-refractivity contribution in [1.29, 1.82) is 0 Å². The number of aryl methyl sites for hydroxylation is 2. The van der Waals surface area contributed by atoms with Gasteiger partial charge in [0, 0.05) is 39.8 Å². The lowest BCUT2D eigenvalue weighted by Crippen LogP contribution is -2.52. The third kappa shape index (κ3) is 8.48. The molecule has 1 aliphatic heterocycles. The first-order valence-electron chi connectivity index (χ1n) is 12.5. The van der Waals surface area contributed by atoms with Gasteiger partial charge < -0.3 is 29.1 Å². The van der Waals surface area contributed by atoms with E-state index in [9.17, 15) is 9.90 Å². The second kappa shape index (κ2) is 13.1. The number of carbonyl (C=O) groups excluding carboxylic acids is 1. The number of amides is 1. The van der Waals surface area contributed by atoms with Gasteiger partial charge in [-0.05, 0) is 68.9 Å². The fourth-order valence-corrected chi connectivity index (χ4v) is 4.25. The number of hydrogen-bond donors (Lipinski definition) is 1. The molecule has 0 unspecified atom stereocenters. The molecule has 8 nitrogen and oxygen atoms in total. The Kier molecular flexibility index (Phi) is 10.1. The lowest BCUT2D eigenvalue weighted by molar-refractivity contribution is -0.138. The topological polar surface area (TPSA) is 74.7 Å². The van der Waals surface area contributed by atoms with Crippen LogP contribution < -0.4 is 9.47 Å². The van der Waals surface area contributed by atoms with E-state index in [1.807, 2.05) is 57.4 Å². The molecule has 2 aromatic rings. The quantitative estimate of drug-likeness (QED) is 0.509. The van der Waals surface area contributed by atoms with Gasteiger partial charge in [-0.3, -0.25) is 9.69 Å². The van der Waals surface area contributed by atoms with Crippen LogP contribution >= 0.6 is 0 Å².